The van der Waals surface area contributed by atoms with Crippen molar-refractivity contribution in [2.75, 3.05) is 19.5 Å². The van der Waals surface area contributed by atoms with Crippen LogP contribution in [-0.4, -0.2) is 29.5 Å². The molecule has 2 aromatic heterocycles. The number of carbonyl (C=O) groups excluding carboxylic acids is 1. The molecule has 0 saturated heterocycles. The number of aryl methyl sites for hydroxylation is 2. The molecule has 0 atom stereocenters. The van der Waals surface area contributed by atoms with E-state index in [4.69, 9.17) is 14.5 Å². The van der Waals surface area contributed by atoms with Gasteiger partial charge in [-0.25, -0.2) is 4.98 Å². The standard InChI is InChI=1S/C26H25N3O3/c1-17-11-12-29-16-22(27-25(29)13-17)20-8-5-18(2)21(15-20)28-26(30)10-7-19-6-9-23(31-3)24(14-19)32-4/h5-16H,1-4H3,(H,28,30)/b10-7+. The lowest BCUT2D eigenvalue weighted by molar-refractivity contribution is -0.111. The van der Waals surface area contributed by atoms with Crippen LogP contribution < -0.4 is 14.8 Å². The van der Waals surface area contributed by atoms with Crippen LogP contribution in [0.25, 0.3) is 23.0 Å². The van der Waals surface area contributed by atoms with Crippen molar-refractivity contribution in [2.24, 2.45) is 0 Å². The minimum absolute atomic E-state index is 0.217. The number of hydrogen-bond acceptors (Lipinski definition) is 4. The van der Waals surface area contributed by atoms with E-state index in [9.17, 15) is 4.79 Å². The lowest BCUT2D eigenvalue weighted by Gasteiger charge is -2.09. The van der Waals surface area contributed by atoms with E-state index in [1.54, 1.807) is 26.4 Å². The number of carbonyl (C=O) groups is 1. The van der Waals surface area contributed by atoms with Crippen LogP contribution in [0, 0.1) is 13.8 Å². The van der Waals surface area contributed by atoms with Gasteiger partial charge in [-0.3, -0.25) is 4.79 Å². The fourth-order valence-corrected chi connectivity index (χ4v) is 3.44. The van der Waals surface area contributed by atoms with E-state index in [1.807, 2.05) is 73.1 Å². The second kappa shape index (κ2) is 8.98. The summed E-state index contributed by atoms with van der Waals surface area (Å²) in [4.78, 5) is 17.3. The van der Waals surface area contributed by atoms with Gasteiger partial charge in [-0.05, 0) is 66.9 Å². The van der Waals surface area contributed by atoms with E-state index in [0.717, 1.165) is 39.3 Å². The summed E-state index contributed by atoms with van der Waals surface area (Å²) in [5.41, 5.74) is 6.40. The summed E-state index contributed by atoms with van der Waals surface area (Å²) >= 11 is 0. The number of nitrogens with zero attached hydrogens (tertiary/aromatic N) is 2. The third-order valence-corrected chi connectivity index (χ3v) is 5.24. The van der Waals surface area contributed by atoms with Crippen molar-refractivity contribution in [1.82, 2.24) is 9.38 Å². The minimum atomic E-state index is -0.217. The summed E-state index contributed by atoms with van der Waals surface area (Å²) in [6, 6.07) is 15.5. The predicted octanol–water partition coefficient (Wildman–Crippen LogP) is 5.29. The average molecular weight is 428 g/mol. The molecule has 162 valence electrons. The first-order chi connectivity index (χ1) is 15.5. The largest absolute Gasteiger partial charge is 0.493 e. The summed E-state index contributed by atoms with van der Waals surface area (Å²) in [5, 5.41) is 2.97. The number of imidazole rings is 1. The molecule has 0 saturated carbocycles. The molecule has 0 fully saturated rings. The number of benzene rings is 2. The first-order valence-electron chi connectivity index (χ1n) is 10.2. The quantitative estimate of drug-likeness (QED) is 0.425. The van der Waals surface area contributed by atoms with E-state index in [0.29, 0.717) is 11.5 Å². The zero-order valence-corrected chi connectivity index (χ0v) is 18.5. The van der Waals surface area contributed by atoms with Gasteiger partial charge in [-0.1, -0.05) is 18.2 Å². The number of fused-ring (bicyclic) bond motifs is 1. The van der Waals surface area contributed by atoms with Crippen molar-refractivity contribution in [3.63, 3.8) is 0 Å². The van der Waals surface area contributed by atoms with E-state index >= 15 is 0 Å². The molecule has 0 aliphatic rings. The third kappa shape index (κ3) is 4.49. The Morgan fingerprint density at radius 3 is 2.59 bits per heavy atom. The number of ether oxygens (including phenoxy) is 2. The zero-order valence-electron chi connectivity index (χ0n) is 18.5. The van der Waals surface area contributed by atoms with Crippen LogP contribution in [-0.2, 0) is 4.79 Å². The van der Waals surface area contributed by atoms with Crippen LogP contribution in [0.3, 0.4) is 0 Å². The van der Waals surface area contributed by atoms with Crippen molar-refractivity contribution in [3.05, 3.63) is 83.7 Å². The van der Waals surface area contributed by atoms with Crippen molar-refractivity contribution in [2.45, 2.75) is 13.8 Å². The number of nitrogens with one attached hydrogen (secondary N) is 1. The monoisotopic (exact) mass is 427 g/mol. The normalized spacial score (nSPS) is 11.1. The smallest absolute Gasteiger partial charge is 0.248 e. The molecule has 6 heteroatoms. The summed E-state index contributed by atoms with van der Waals surface area (Å²) in [7, 11) is 3.17. The zero-order chi connectivity index (χ0) is 22.7. The van der Waals surface area contributed by atoms with Crippen LogP contribution in [0.2, 0.25) is 0 Å². The van der Waals surface area contributed by atoms with E-state index in [2.05, 4.69) is 5.32 Å². The van der Waals surface area contributed by atoms with Crippen molar-refractivity contribution in [3.8, 4) is 22.8 Å². The Labute approximate surface area is 187 Å². The molecule has 0 bridgehead atoms. The van der Waals surface area contributed by atoms with Crippen LogP contribution >= 0.6 is 0 Å². The molecule has 4 rings (SSSR count). The van der Waals surface area contributed by atoms with Gasteiger partial charge in [0.2, 0.25) is 5.91 Å². The Bertz CT molecular complexity index is 1320. The number of rotatable bonds is 6. The molecule has 4 aromatic rings. The minimum Gasteiger partial charge on any atom is -0.493 e. The molecule has 32 heavy (non-hydrogen) atoms. The number of hydrogen-bond donors (Lipinski definition) is 1. The van der Waals surface area contributed by atoms with Gasteiger partial charge in [0.15, 0.2) is 11.5 Å². The van der Waals surface area contributed by atoms with Crippen LogP contribution in [0.15, 0.2) is 67.0 Å². The number of pyridine rings is 1. The first-order valence-corrected chi connectivity index (χ1v) is 10.2. The summed E-state index contributed by atoms with van der Waals surface area (Å²) < 4.78 is 12.6. The van der Waals surface area contributed by atoms with E-state index in [1.165, 1.54) is 6.08 Å². The predicted molar refractivity (Wildman–Crippen MR) is 127 cm³/mol. The van der Waals surface area contributed by atoms with Gasteiger partial charge in [0.05, 0.1) is 19.9 Å². The maximum atomic E-state index is 12.6. The fourth-order valence-electron chi connectivity index (χ4n) is 3.44. The maximum absolute atomic E-state index is 12.6. The Morgan fingerprint density at radius 1 is 1.00 bits per heavy atom. The van der Waals surface area contributed by atoms with Gasteiger partial charge in [0.1, 0.15) is 5.65 Å². The Kier molecular flexibility index (Phi) is 5.94. The van der Waals surface area contributed by atoms with Crippen LogP contribution in [0.5, 0.6) is 11.5 Å². The van der Waals surface area contributed by atoms with Crippen LogP contribution in [0.4, 0.5) is 5.69 Å². The molecule has 1 N–H and O–H groups in total. The molecule has 1 amide bonds. The lowest BCUT2D eigenvalue weighted by Crippen LogP contribution is -2.09. The van der Waals surface area contributed by atoms with Crippen molar-refractivity contribution < 1.29 is 14.3 Å². The summed E-state index contributed by atoms with van der Waals surface area (Å²) in [5.74, 6) is 1.04. The molecule has 0 unspecified atom stereocenters. The van der Waals surface area contributed by atoms with Gasteiger partial charge in [0.25, 0.3) is 0 Å². The first kappa shape index (κ1) is 21.2. The fraction of sp³-hybridized carbons (Fsp3) is 0.154. The molecule has 0 aliphatic carbocycles. The number of anilines is 1. The second-order valence-corrected chi connectivity index (χ2v) is 7.56. The van der Waals surface area contributed by atoms with Gasteiger partial charge in [-0.2, -0.15) is 0 Å². The number of aromatic nitrogens is 2. The van der Waals surface area contributed by atoms with Gasteiger partial charge >= 0.3 is 0 Å². The molecule has 0 spiro atoms. The number of amides is 1. The molecule has 0 radical (unpaired) electrons. The lowest BCUT2D eigenvalue weighted by atomic mass is 10.1. The second-order valence-electron chi connectivity index (χ2n) is 7.56. The summed E-state index contributed by atoms with van der Waals surface area (Å²) in [6.45, 7) is 4.01. The van der Waals surface area contributed by atoms with Gasteiger partial charge < -0.3 is 19.2 Å². The molecule has 2 heterocycles. The van der Waals surface area contributed by atoms with Gasteiger partial charge in [-0.15, -0.1) is 0 Å². The highest BCUT2D eigenvalue weighted by atomic mass is 16.5. The molecule has 2 aromatic carbocycles. The van der Waals surface area contributed by atoms with E-state index in [-0.39, 0.29) is 5.91 Å². The topological polar surface area (TPSA) is 64.9 Å². The highest BCUT2D eigenvalue weighted by Crippen LogP contribution is 2.28. The third-order valence-electron chi connectivity index (χ3n) is 5.24. The molecule has 6 nitrogen and oxygen atoms in total. The summed E-state index contributed by atoms with van der Waals surface area (Å²) in [6.07, 6.45) is 7.22. The Balaban J connectivity index is 1.53. The Hall–Kier alpha value is -4.06. The Morgan fingerprint density at radius 2 is 1.81 bits per heavy atom. The highest BCUT2D eigenvalue weighted by Gasteiger charge is 2.09. The van der Waals surface area contributed by atoms with E-state index < -0.39 is 0 Å². The van der Waals surface area contributed by atoms with Crippen molar-refractivity contribution in [1.29, 1.82) is 0 Å². The maximum Gasteiger partial charge on any atom is 0.248 e. The average Bonchev–Trinajstić information content (AvgIpc) is 3.22. The molecule has 0 aliphatic heterocycles. The molecular formula is C26H25N3O3. The highest BCUT2D eigenvalue weighted by molar-refractivity contribution is 6.02. The van der Waals surface area contributed by atoms with Crippen LogP contribution in [0.1, 0.15) is 16.7 Å². The number of methoxy groups -OCH3 is 2. The molecular weight excluding hydrogens is 402 g/mol. The SMILES string of the molecule is COc1ccc(/C=C/C(=O)Nc2cc(-c3cn4ccc(C)cc4n3)ccc2C)cc1OC. The van der Waals surface area contributed by atoms with Gasteiger partial charge in [0, 0.05) is 29.7 Å². The van der Waals surface area contributed by atoms with Crippen molar-refractivity contribution >= 4 is 23.3 Å².